The Balaban J connectivity index is 1.42. The Labute approximate surface area is 237 Å². The number of rotatable bonds is 7. The van der Waals surface area contributed by atoms with Crippen LogP contribution < -0.4 is 10.6 Å². The molecule has 208 valence electrons. The number of amides is 2. The van der Waals surface area contributed by atoms with Crippen LogP contribution in [0.1, 0.15) is 33.1 Å². The average molecular weight is 579 g/mol. The molecule has 0 radical (unpaired) electrons. The molecule has 0 fully saturated rings. The first-order chi connectivity index (χ1) is 19.6. The number of aromatic amines is 1. The lowest BCUT2D eigenvalue weighted by molar-refractivity contribution is -0.137. The van der Waals surface area contributed by atoms with Crippen molar-refractivity contribution in [3.63, 3.8) is 0 Å². The average Bonchev–Trinajstić information content (AvgIpc) is 3.58. The quantitative estimate of drug-likeness (QED) is 0.183. The number of carbonyl (C=O) groups is 2. The number of hydrogen-bond donors (Lipinski definition) is 3. The van der Waals surface area contributed by atoms with Crippen LogP contribution in [0.25, 0.3) is 28.4 Å². The van der Waals surface area contributed by atoms with Crippen LogP contribution in [0.5, 0.6) is 0 Å². The molecule has 0 aliphatic carbocycles. The van der Waals surface area contributed by atoms with E-state index in [9.17, 15) is 22.8 Å². The summed E-state index contributed by atoms with van der Waals surface area (Å²) in [5, 5.41) is 5.37. The first-order valence-electron chi connectivity index (χ1n) is 12.4. The minimum Gasteiger partial charge on any atom is -0.457 e. The molecular formula is C30H22ClF3N4O3. The number of nitrogens with zero attached hydrogens (tertiary/aromatic N) is 1. The second kappa shape index (κ2) is 11.3. The van der Waals surface area contributed by atoms with Gasteiger partial charge in [-0.25, -0.2) is 4.98 Å². The molecule has 0 unspecified atom stereocenters. The van der Waals surface area contributed by atoms with E-state index in [1.54, 1.807) is 24.3 Å². The number of fused-ring (bicyclic) bond motifs is 1. The summed E-state index contributed by atoms with van der Waals surface area (Å²) < 4.78 is 45.5. The van der Waals surface area contributed by atoms with Crippen molar-refractivity contribution in [2.24, 2.45) is 0 Å². The van der Waals surface area contributed by atoms with Crippen LogP contribution in [0, 0.1) is 6.92 Å². The number of nitrogens with one attached hydrogen (secondary N) is 3. The van der Waals surface area contributed by atoms with Crippen LogP contribution in [0.4, 0.5) is 13.2 Å². The van der Waals surface area contributed by atoms with Crippen LogP contribution in [-0.2, 0) is 17.5 Å². The summed E-state index contributed by atoms with van der Waals surface area (Å²) in [7, 11) is 0. The Morgan fingerprint density at radius 3 is 2.51 bits per heavy atom. The fraction of sp³-hybridized carbons (Fsp3) is 0.100. The van der Waals surface area contributed by atoms with Crippen molar-refractivity contribution in [2.75, 3.05) is 0 Å². The monoisotopic (exact) mass is 578 g/mol. The van der Waals surface area contributed by atoms with Gasteiger partial charge >= 0.3 is 6.18 Å². The van der Waals surface area contributed by atoms with Gasteiger partial charge in [0.1, 0.15) is 23.0 Å². The number of H-pyrrole nitrogens is 1. The van der Waals surface area contributed by atoms with Gasteiger partial charge in [-0.1, -0.05) is 41.4 Å². The van der Waals surface area contributed by atoms with Gasteiger partial charge in [0, 0.05) is 17.2 Å². The highest BCUT2D eigenvalue weighted by molar-refractivity contribution is 6.33. The van der Waals surface area contributed by atoms with Crippen molar-refractivity contribution in [3.05, 3.63) is 118 Å². The second-order valence-corrected chi connectivity index (χ2v) is 9.56. The largest absolute Gasteiger partial charge is 0.457 e. The Morgan fingerprint density at radius 2 is 1.78 bits per heavy atom. The molecule has 0 aliphatic rings. The molecular weight excluding hydrogens is 557 g/mol. The number of carbonyl (C=O) groups excluding carboxylic acids is 2. The van der Waals surface area contributed by atoms with Gasteiger partial charge in [-0.2, -0.15) is 13.2 Å². The number of hydrogen-bond acceptors (Lipinski definition) is 4. The van der Waals surface area contributed by atoms with Crippen molar-refractivity contribution >= 4 is 40.5 Å². The highest BCUT2D eigenvalue weighted by Gasteiger charge is 2.31. The molecule has 0 saturated heterocycles. The highest BCUT2D eigenvalue weighted by Crippen LogP contribution is 2.36. The lowest BCUT2D eigenvalue weighted by Gasteiger charge is -2.10. The van der Waals surface area contributed by atoms with Gasteiger partial charge in [0.05, 0.1) is 28.2 Å². The summed E-state index contributed by atoms with van der Waals surface area (Å²) in [4.78, 5) is 33.7. The molecule has 0 bridgehead atoms. The van der Waals surface area contributed by atoms with Crippen molar-refractivity contribution in [1.29, 1.82) is 0 Å². The molecule has 11 heteroatoms. The van der Waals surface area contributed by atoms with Gasteiger partial charge < -0.3 is 20.0 Å². The van der Waals surface area contributed by atoms with E-state index in [1.807, 2.05) is 31.2 Å². The van der Waals surface area contributed by atoms with Crippen LogP contribution in [0.2, 0.25) is 5.02 Å². The Bertz CT molecular complexity index is 1740. The lowest BCUT2D eigenvalue weighted by Crippen LogP contribution is -2.34. The molecule has 41 heavy (non-hydrogen) atoms. The predicted octanol–water partition coefficient (Wildman–Crippen LogP) is 6.89. The van der Waals surface area contributed by atoms with Gasteiger partial charge in [0.2, 0.25) is 0 Å². The maximum absolute atomic E-state index is 13.2. The molecule has 3 N–H and O–H groups in total. The highest BCUT2D eigenvalue weighted by atomic mass is 35.5. The summed E-state index contributed by atoms with van der Waals surface area (Å²) in [6.07, 6.45) is -3.29. The van der Waals surface area contributed by atoms with Gasteiger partial charge in [0.25, 0.3) is 11.8 Å². The molecule has 0 spiro atoms. The SMILES string of the molecule is Cc1ccc(C(=O)N/C(=C/c2ccc(-c3cc(C(F)(F)F)ccc3Cl)o2)C(=O)NCc2nc3ccccc3[nH]2)cc1. The summed E-state index contributed by atoms with van der Waals surface area (Å²) in [5.74, 6) is -0.516. The molecule has 3 aromatic carbocycles. The van der Waals surface area contributed by atoms with E-state index >= 15 is 0 Å². The smallest absolute Gasteiger partial charge is 0.416 e. The number of imidazole rings is 1. The predicted molar refractivity (Wildman–Crippen MR) is 149 cm³/mol. The number of aryl methyl sites for hydroxylation is 1. The van der Waals surface area contributed by atoms with E-state index in [2.05, 4.69) is 20.6 Å². The van der Waals surface area contributed by atoms with Crippen LogP contribution >= 0.6 is 11.6 Å². The van der Waals surface area contributed by atoms with E-state index in [-0.39, 0.29) is 34.3 Å². The topological polar surface area (TPSA) is 100 Å². The van der Waals surface area contributed by atoms with E-state index < -0.39 is 23.6 Å². The van der Waals surface area contributed by atoms with Crippen LogP contribution in [0.15, 0.2) is 89.0 Å². The molecule has 7 nitrogen and oxygen atoms in total. The van der Waals surface area contributed by atoms with E-state index in [0.717, 1.165) is 34.8 Å². The minimum atomic E-state index is -4.57. The van der Waals surface area contributed by atoms with Crippen LogP contribution in [0.3, 0.4) is 0 Å². The molecule has 0 atom stereocenters. The number of aromatic nitrogens is 2. The first-order valence-corrected chi connectivity index (χ1v) is 12.7. The molecule has 5 rings (SSSR count). The normalized spacial score (nSPS) is 12.0. The zero-order chi connectivity index (χ0) is 29.1. The van der Waals surface area contributed by atoms with Crippen molar-refractivity contribution in [1.82, 2.24) is 20.6 Å². The molecule has 5 aromatic rings. The van der Waals surface area contributed by atoms with Gasteiger partial charge in [-0.15, -0.1) is 0 Å². The Kier molecular flexibility index (Phi) is 7.67. The van der Waals surface area contributed by atoms with Crippen molar-refractivity contribution in [3.8, 4) is 11.3 Å². The third kappa shape index (κ3) is 6.50. The van der Waals surface area contributed by atoms with E-state index in [0.29, 0.717) is 11.4 Å². The minimum absolute atomic E-state index is 0.0284. The number of furan rings is 1. The third-order valence-electron chi connectivity index (χ3n) is 6.13. The molecule has 0 saturated carbocycles. The number of halogens is 4. The molecule has 2 heterocycles. The van der Waals surface area contributed by atoms with Crippen molar-refractivity contribution < 1.29 is 27.2 Å². The first kappa shape index (κ1) is 27.7. The van der Waals surface area contributed by atoms with Crippen LogP contribution in [-0.4, -0.2) is 21.8 Å². The molecule has 0 aliphatic heterocycles. The zero-order valence-corrected chi connectivity index (χ0v) is 22.2. The zero-order valence-electron chi connectivity index (χ0n) is 21.5. The summed E-state index contributed by atoms with van der Waals surface area (Å²) >= 11 is 6.15. The maximum Gasteiger partial charge on any atom is 0.416 e. The lowest BCUT2D eigenvalue weighted by atomic mass is 10.1. The Hall–Kier alpha value is -4.83. The van der Waals surface area contributed by atoms with Gasteiger partial charge in [0.15, 0.2) is 0 Å². The Morgan fingerprint density at radius 1 is 1.02 bits per heavy atom. The molecule has 2 aromatic heterocycles. The number of benzene rings is 3. The summed E-state index contributed by atoms with van der Waals surface area (Å²) in [6.45, 7) is 1.91. The standard InChI is InChI=1S/C30H22ClF3N4O3/c1-17-6-8-18(9-7-17)28(39)38-25(29(40)35-16-27-36-23-4-2-3-5-24(23)37-27)15-20-11-13-26(41-20)21-14-19(30(32,33)34)10-12-22(21)31/h2-15H,16H2,1H3,(H,35,40)(H,36,37)(H,38,39)/b25-15+. The van der Waals surface area contributed by atoms with Gasteiger partial charge in [-0.3, -0.25) is 9.59 Å². The molecule has 2 amide bonds. The fourth-order valence-electron chi connectivity index (χ4n) is 4.01. The number of para-hydroxylation sites is 2. The van der Waals surface area contributed by atoms with E-state index in [4.69, 9.17) is 16.0 Å². The third-order valence-corrected chi connectivity index (χ3v) is 6.46. The van der Waals surface area contributed by atoms with Gasteiger partial charge in [-0.05, 0) is 61.5 Å². The second-order valence-electron chi connectivity index (χ2n) is 9.16. The summed E-state index contributed by atoms with van der Waals surface area (Å²) in [6, 6.07) is 19.9. The maximum atomic E-state index is 13.2. The fourth-order valence-corrected chi connectivity index (χ4v) is 4.22. The summed E-state index contributed by atoms with van der Waals surface area (Å²) in [5.41, 5.74) is 1.80. The number of alkyl halides is 3. The van der Waals surface area contributed by atoms with Crippen molar-refractivity contribution in [2.45, 2.75) is 19.6 Å². The van der Waals surface area contributed by atoms with E-state index in [1.165, 1.54) is 18.2 Å².